The van der Waals surface area contributed by atoms with Crippen LogP contribution in [0.2, 0.25) is 0 Å². The quantitative estimate of drug-likeness (QED) is 0.616. The second kappa shape index (κ2) is 8.35. The van der Waals surface area contributed by atoms with Crippen molar-refractivity contribution in [3.63, 3.8) is 0 Å². The minimum absolute atomic E-state index is 0. The van der Waals surface area contributed by atoms with Crippen LogP contribution in [0, 0.1) is 12.8 Å². The van der Waals surface area contributed by atoms with Crippen molar-refractivity contribution in [2.45, 2.75) is 30.5 Å². The fourth-order valence-corrected chi connectivity index (χ4v) is 3.92. The van der Waals surface area contributed by atoms with Crippen molar-refractivity contribution in [3.8, 4) is 0 Å². The molecule has 1 aromatic heterocycles. The molecule has 0 radical (unpaired) electrons. The van der Waals surface area contributed by atoms with Gasteiger partial charge in [0.1, 0.15) is 0 Å². The molecule has 0 aliphatic carbocycles. The van der Waals surface area contributed by atoms with Gasteiger partial charge in [0.05, 0.1) is 11.6 Å². The molecule has 1 aromatic rings. The van der Waals surface area contributed by atoms with Gasteiger partial charge in [-0.05, 0) is 50.9 Å². The van der Waals surface area contributed by atoms with Crippen LogP contribution >= 0.6 is 35.8 Å². The van der Waals surface area contributed by atoms with Crippen LogP contribution in [0.3, 0.4) is 0 Å². The number of likely N-dealkylation sites (tertiary alicyclic amines) is 1. The van der Waals surface area contributed by atoms with Gasteiger partial charge in [-0.15, -0.1) is 35.8 Å². The Labute approximate surface area is 131 Å². The molecule has 5 heteroatoms. The first-order valence-corrected chi connectivity index (χ1v) is 8.04. The molecule has 2 heterocycles. The van der Waals surface area contributed by atoms with Gasteiger partial charge in [0.2, 0.25) is 0 Å². The summed E-state index contributed by atoms with van der Waals surface area (Å²) in [6, 6.07) is 2.11. The highest BCUT2D eigenvalue weighted by atomic mass is 35.5. The van der Waals surface area contributed by atoms with Crippen LogP contribution in [-0.2, 0) is 5.88 Å². The lowest BCUT2D eigenvalue weighted by molar-refractivity contribution is 0.224. The zero-order valence-electron chi connectivity index (χ0n) is 11.6. The van der Waals surface area contributed by atoms with Gasteiger partial charge in [-0.1, -0.05) is 0 Å². The summed E-state index contributed by atoms with van der Waals surface area (Å²) in [7, 11) is 2.22. The summed E-state index contributed by atoms with van der Waals surface area (Å²) in [4.78, 5) is 8.10. The normalized spacial score (nSPS) is 20.1. The zero-order valence-corrected chi connectivity index (χ0v) is 14.0. The third-order valence-electron chi connectivity index (χ3n) is 3.58. The van der Waals surface area contributed by atoms with Crippen molar-refractivity contribution in [1.29, 1.82) is 0 Å². The Morgan fingerprint density at radius 2 is 2.32 bits per heavy atom. The number of halogens is 2. The largest absolute Gasteiger partial charge is 0.306 e. The van der Waals surface area contributed by atoms with Gasteiger partial charge in [0.15, 0.2) is 0 Å². The van der Waals surface area contributed by atoms with Gasteiger partial charge >= 0.3 is 0 Å². The van der Waals surface area contributed by atoms with E-state index in [9.17, 15) is 0 Å². The van der Waals surface area contributed by atoms with Crippen LogP contribution in [0.15, 0.2) is 17.2 Å². The molecule has 0 spiro atoms. The number of hydrogen-bond acceptors (Lipinski definition) is 3. The molecule has 1 aliphatic heterocycles. The van der Waals surface area contributed by atoms with Crippen molar-refractivity contribution in [2.24, 2.45) is 5.92 Å². The van der Waals surface area contributed by atoms with E-state index in [0.717, 1.165) is 11.6 Å². The molecule has 1 aliphatic rings. The molecule has 108 valence electrons. The molecule has 0 saturated carbocycles. The number of nitrogens with zero attached hydrogens (tertiary/aromatic N) is 2. The molecule has 2 rings (SSSR count). The van der Waals surface area contributed by atoms with Gasteiger partial charge < -0.3 is 4.90 Å². The van der Waals surface area contributed by atoms with Gasteiger partial charge in [0.25, 0.3) is 0 Å². The maximum Gasteiger partial charge on any atom is 0.0650 e. The highest BCUT2D eigenvalue weighted by molar-refractivity contribution is 7.99. The molecule has 2 nitrogen and oxygen atoms in total. The minimum atomic E-state index is 0. The molecule has 1 fully saturated rings. The summed E-state index contributed by atoms with van der Waals surface area (Å²) in [6.45, 7) is 4.62. The van der Waals surface area contributed by atoms with Crippen molar-refractivity contribution in [3.05, 3.63) is 23.5 Å². The van der Waals surface area contributed by atoms with Crippen molar-refractivity contribution in [1.82, 2.24) is 9.88 Å². The van der Waals surface area contributed by atoms with Crippen LogP contribution in [0.5, 0.6) is 0 Å². The summed E-state index contributed by atoms with van der Waals surface area (Å²) in [5, 5.41) is 0. The number of pyridine rings is 1. The SMILES string of the molecule is Cc1c(SCC2CCCN(C)C2)ccnc1CCl.Cl. The van der Waals surface area contributed by atoms with E-state index in [1.54, 1.807) is 0 Å². The maximum absolute atomic E-state index is 5.89. The predicted molar refractivity (Wildman–Crippen MR) is 86.7 cm³/mol. The van der Waals surface area contributed by atoms with E-state index in [1.165, 1.54) is 42.1 Å². The van der Waals surface area contributed by atoms with Crippen LogP contribution in [0.25, 0.3) is 0 Å². The van der Waals surface area contributed by atoms with E-state index >= 15 is 0 Å². The Balaban J connectivity index is 0.00000180. The summed E-state index contributed by atoms with van der Waals surface area (Å²) in [5.74, 6) is 2.53. The molecule has 1 atom stereocenters. The Morgan fingerprint density at radius 1 is 1.53 bits per heavy atom. The van der Waals surface area contributed by atoms with E-state index in [1.807, 2.05) is 18.0 Å². The summed E-state index contributed by atoms with van der Waals surface area (Å²) in [6.07, 6.45) is 4.58. The van der Waals surface area contributed by atoms with E-state index in [4.69, 9.17) is 11.6 Å². The van der Waals surface area contributed by atoms with Crippen molar-refractivity contribution < 1.29 is 0 Å². The number of aromatic nitrogens is 1. The van der Waals surface area contributed by atoms with Crippen LogP contribution in [-0.4, -0.2) is 35.8 Å². The second-order valence-corrected chi connectivity index (χ2v) is 6.43. The molecule has 0 amide bonds. The third kappa shape index (κ3) is 4.82. The average molecular weight is 321 g/mol. The highest BCUT2D eigenvalue weighted by Gasteiger charge is 2.17. The first kappa shape index (κ1) is 17.1. The van der Waals surface area contributed by atoms with E-state index in [-0.39, 0.29) is 12.4 Å². The number of alkyl halides is 1. The third-order valence-corrected chi connectivity index (χ3v) is 5.23. The molecule has 1 saturated heterocycles. The molecule has 1 unspecified atom stereocenters. The van der Waals surface area contributed by atoms with E-state index in [2.05, 4.69) is 29.9 Å². The average Bonchev–Trinajstić information content (AvgIpc) is 2.38. The second-order valence-electron chi connectivity index (χ2n) is 5.10. The standard InChI is InChI=1S/C14H21ClN2S.ClH/c1-11-13(8-15)16-6-5-14(11)18-10-12-4-3-7-17(2)9-12;/h5-6,12H,3-4,7-10H2,1-2H3;1H. The van der Waals surface area contributed by atoms with Gasteiger partial charge in [-0.2, -0.15) is 0 Å². The fourth-order valence-electron chi connectivity index (χ4n) is 2.47. The Kier molecular flexibility index (Phi) is 7.52. The minimum Gasteiger partial charge on any atom is -0.306 e. The molecular weight excluding hydrogens is 299 g/mol. The Morgan fingerprint density at radius 3 is 3.00 bits per heavy atom. The van der Waals surface area contributed by atoms with Crippen molar-refractivity contribution >= 4 is 35.8 Å². The molecule has 0 aromatic carbocycles. The topological polar surface area (TPSA) is 16.1 Å². The molecular formula is C14H22Cl2N2S. The first-order valence-electron chi connectivity index (χ1n) is 6.52. The first-order chi connectivity index (χ1) is 8.70. The monoisotopic (exact) mass is 320 g/mol. The molecule has 0 bridgehead atoms. The Hall–Kier alpha value is 0.0400. The number of hydrogen-bond donors (Lipinski definition) is 0. The molecule has 19 heavy (non-hydrogen) atoms. The smallest absolute Gasteiger partial charge is 0.0650 e. The lowest BCUT2D eigenvalue weighted by Crippen LogP contribution is -2.33. The zero-order chi connectivity index (χ0) is 13.0. The van der Waals surface area contributed by atoms with Crippen LogP contribution in [0.1, 0.15) is 24.1 Å². The summed E-state index contributed by atoms with van der Waals surface area (Å²) in [5.41, 5.74) is 2.27. The lowest BCUT2D eigenvalue weighted by Gasteiger charge is -2.29. The number of piperidine rings is 1. The maximum atomic E-state index is 5.89. The van der Waals surface area contributed by atoms with Gasteiger partial charge in [0, 0.05) is 23.4 Å². The fraction of sp³-hybridized carbons (Fsp3) is 0.643. The van der Waals surface area contributed by atoms with Crippen LogP contribution in [0.4, 0.5) is 0 Å². The summed E-state index contributed by atoms with van der Waals surface area (Å²) >= 11 is 7.85. The highest BCUT2D eigenvalue weighted by Crippen LogP contribution is 2.28. The van der Waals surface area contributed by atoms with Gasteiger partial charge in [-0.3, -0.25) is 4.98 Å². The van der Waals surface area contributed by atoms with Crippen molar-refractivity contribution in [2.75, 3.05) is 25.9 Å². The lowest BCUT2D eigenvalue weighted by atomic mass is 10.0. The van der Waals surface area contributed by atoms with E-state index in [0.29, 0.717) is 5.88 Å². The Bertz CT molecular complexity index is 401. The van der Waals surface area contributed by atoms with E-state index < -0.39 is 0 Å². The molecule has 0 N–H and O–H groups in total. The summed E-state index contributed by atoms with van der Waals surface area (Å²) < 4.78 is 0. The number of rotatable bonds is 4. The number of thioether (sulfide) groups is 1. The predicted octanol–water partition coefficient (Wildman–Crippen LogP) is 3.98. The van der Waals surface area contributed by atoms with Crippen LogP contribution < -0.4 is 0 Å². The van der Waals surface area contributed by atoms with Gasteiger partial charge in [-0.25, -0.2) is 0 Å².